The molecule has 2 aliphatic rings. The maximum Gasteiger partial charge on any atom is 0.127 e. The summed E-state index contributed by atoms with van der Waals surface area (Å²) in [4.78, 5) is 2.44. The summed E-state index contributed by atoms with van der Waals surface area (Å²) in [7, 11) is 0. The van der Waals surface area contributed by atoms with Crippen LogP contribution < -0.4 is 10.2 Å². The van der Waals surface area contributed by atoms with E-state index in [2.05, 4.69) is 54.4 Å². The van der Waals surface area contributed by atoms with Crippen LogP contribution in [0.5, 0.6) is 0 Å². The number of nitriles is 1. The lowest BCUT2D eigenvalue weighted by Gasteiger charge is -2.36. The van der Waals surface area contributed by atoms with Gasteiger partial charge in [-0.2, -0.15) is 5.26 Å². The Kier molecular flexibility index (Phi) is 3.91. The van der Waals surface area contributed by atoms with Gasteiger partial charge in [0.25, 0.3) is 0 Å². The van der Waals surface area contributed by atoms with E-state index in [0.717, 1.165) is 25.9 Å². The maximum atomic E-state index is 9.87. The van der Waals surface area contributed by atoms with Crippen LogP contribution in [-0.2, 0) is 6.42 Å². The van der Waals surface area contributed by atoms with Crippen LogP contribution in [0, 0.1) is 17.2 Å². The number of para-hydroxylation sites is 1. The predicted molar refractivity (Wildman–Crippen MR) is 86.3 cm³/mol. The summed E-state index contributed by atoms with van der Waals surface area (Å²) in [6.07, 6.45) is 4.54. The van der Waals surface area contributed by atoms with Crippen LogP contribution in [0.25, 0.3) is 0 Å². The van der Waals surface area contributed by atoms with Crippen LogP contribution in [0.4, 0.5) is 5.69 Å². The van der Waals surface area contributed by atoms with E-state index in [1.807, 2.05) is 0 Å². The Morgan fingerprint density at radius 1 is 1.38 bits per heavy atom. The van der Waals surface area contributed by atoms with E-state index < -0.39 is 0 Å². The highest BCUT2D eigenvalue weighted by Crippen LogP contribution is 2.42. The quantitative estimate of drug-likeness (QED) is 0.872. The second kappa shape index (κ2) is 5.69. The number of benzene rings is 1. The zero-order chi connectivity index (χ0) is 14.9. The molecule has 3 heteroatoms. The van der Waals surface area contributed by atoms with Gasteiger partial charge >= 0.3 is 0 Å². The van der Waals surface area contributed by atoms with Crippen LogP contribution in [0.15, 0.2) is 24.3 Å². The van der Waals surface area contributed by atoms with Gasteiger partial charge in [-0.25, -0.2) is 0 Å². The predicted octanol–water partition coefficient (Wildman–Crippen LogP) is 3.11. The lowest BCUT2D eigenvalue weighted by Crippen LogP contribution is -2.55. The summed E-state index contributed by atoms with van der Waals surface area (Å²) >= 11 is 0. The van der Waals surface area contributed by atoms with Crippen molar-refractivity contribution in [3.05, 3.63) is 29.8 Å². The monoisotopic (exact) mass is 283 g/mol. The Morgan fingerprint density at radius 2 is 2.14 bits per heavy atom. The van der Waals surface area contributed by atoms with E-state index >= 15 is 0 Å². The van der Waals surface area contributed by atoms with E-state index in [1.165, 1.54) is 24.1 Å². The lowest BCUT2D eigenvalue weighted by atomic mass is 9.93. The first-order valence-electron chi connectivity index (χ1n) is 8.21. The van der Waals surface area contributed by atoms with Crippen molar-refractivity contribution in [3.8, 4) is 6.07 Å². The van der Waals surface area contributed by atoms with Crippen LogP contribution in [-0.4, -0.2) is 24.7 Å². The Morgan fingerprint density at radius 3 is 2.81 bits per heavy atom. The largest absolute Gasteiger partial charge is 0.365 e. The van der Waals surface area contributed by atoms with Crippen LogP contribution in [0.3, 0.4) is 0 Å². The van der Waals surface area contributed by atoms with E-state index in [9.17, 15) is 5.26 Å². The van der Waals surface area contributed by atoms with Gasteiger partial charge in [0.2, 0.25) is 0 Å². The van der Waals surface area contributed by atoms with Gasteiger partial charge in [-0.1, -0.05) is 25.1 Å². The molecule has 1 N–H and O–H groups in total. The second-order valence-corrected chi connectivity index (χ2v) is 6.59. The van der Waals surface area contributed by atoms with E-state index in [4.69, 9.17) is 0 Å². The van der Waals surface area contributed by atoms with Gasteiger partial charge in [0, 0.05) is 11.7 Å². The highest BCUT2D eigenvalue weighted by Gasteiger charge is 2.47. The number of hydrogen-bond acceptors (Lipinski definition) is 3. The molecule has 1 saturated carbocycles. The fourth-order valence-corrected chi connectivity index (χ4v) is 3.56. The van der Waals surface area contributed by atoms with Gasteiger partial charge in [-0.3, -0.25) is 5.32 Å². The number of hydrogen-bond donors (Lipinski definition) is 1. The van der Waals surface area contributed by atoms with Gasteiger partial charge in [-0.15, -0.1) is 0 Å². The Balaban J connectivity index is 1.84. The van der Waals surface area contributed by atoms with Crippen molar-refractivity contribution < 1.29 is 0 Å². The average molecular weight is 283 g/mol. The number of anilines is 1. The van der Waals surface area contributed by atoms with Crippen LogP contribution in [0.2, 0.25) is 0 Å². The summed E-state index contributed by atoms with van der Waals surface area (Å²) in [5, 5.41) is 13.4. The number of nitrogens with zero attached hydrogens (tertiary/aromatic N) is 2. The summed E-state index contributed by atoms with van der Waals surface area (Å²) in [5.74, 6) is 0.522. The minimum atomic E-state index is -0.373. The average Bonchev–Trinajstić information content (AvgIpc) is 3.30. The van der Waals surface area contributed by atoms with Crippen molar-refractivity contribution in [2.75, 3.05) is 18.0 Å². The summed E-state index contributed by atoms with van der Waals surface area (Å²) in [6, 6.07) is 11.8. The molecule has 2 unspecified atom stereocenters. The first-order chi connectivity index (χ1) is 10.2. The molecule has 2 atom stereocenters. The van der Waals surface area contributed by atoms with Crippen molar-refractivity contribution in [2.45, 2.75) is 51.1 Å². The lowest BCUT2D eigenvalue weighted by molar-refractivity contribution is 0.358. The molecule has 1 aromatic carbocycles. The molecule has 1 fully saturated rings. The Labute approximate surface area is 128 Å². The van der Waals surface area contributed by atoms with Gasteiger partial charge < -0.3 is 4.90 Å². The molecule has 3 rings (SSSR count). The first-order valence-corrected chi connectivity index (χ1v) is 8.21. The van der Waals surface area contributed by atoms with Gasteiger partial charge in [-0.05, 0) is 56.7 Å². The molecule has 0 saturated heterocycles. The molecular formula is C18H25N3. The van der Waals surface area contributed by atoms with Gasteiger partial charge in [0.15, 0.2) is 0 Å². The normalized spacial score (nSPS) is 23.5. The number of nitrogens with one attached hydrogen (secondary N) is 1. The SMILES string of the molecule is CCCNC(C#N)(CN1c2ccccc2CC1C)C1CC1. The van der Waals surface area contributed by atoms with Crippen LogP contribution in [0.1, 0.15) is 38.7 Å². The third kappa shape index (κ3) is 2.65. The molecular weight excluding hydrogens is 258 g/mol. The zero-order valence-electron chi connectivity index (χ0n) is 13.1. The highest BCUT2D eigenvalue weighted by molar-refractivity contribution is 5.60. The van der Waals surface area contributed by atoms with E-state index in [1.54, 1.807) is 0 Å². The smallest absolute Gasteiger partial charge is 0.127 e. The molecule has 0 spiro atoms. The fourth-order valence-electron chi connectivity index (χ4n) is 3.56. The first kappa shape index (κ1) is 14.4. The molecule has 1 aliphatic carbocycles. The molecule has 0 aromatic heterocycles. The maximum absolute atomic E-state index is 9.87. The number of rotatable bonds is 6. The molecule has 3 nitrogen and oxygen atoms in total. The number of fused-ring (bicyclic) bond motifs is 1. The fraction of sp³-hybridized carbons (Fsp3) is 0.611. The van der Waals surface area contributed by atoms with Crippen molar-refractivity contribution in [2.24, 2.45) is 5.92 Å². The highest BCUT2D eigenvalue weighted by atomic mass is 15.2. The van der Waals surface area contributed by atoms with E-state index in [0.29, 0.717) is 12.0 Å². The molecule has 1 heterocycles. The van der Waals surface area contributed by atoms with Crippen molar-refractivity contribution in [3.63, 3.8) is 0 Å². The molecule has 0 amide bonds. The Hall–Kier alpha value is -1.53. The third-order valence-corrected chi connectivity index (χ3v) is 4.93. The Bertz CT molecular complexity index is 544. The van der Waals surface area contributed by atoms with Crippen molar-refractivity contribution >= 4 is 5.69 Å². The minimum absolute atomic E-state index is 0.373. The molecule has 112 valence electrons. The summed E-state index contributed by atoms with van der Waals surface area (Å²) in [6.45, 7) is 6.17. The molecule has 1 aliphatic heterocycles. The zero-order valence-corrected chi connectivity index (χ0v) is 13.1. The second-order valence-electron chi connectivity index (χ2n) is 6.59. The summed E-state index contributed by atoms with van der Waals surface area (Å²) < 4.78 is 0. The molecule has 0 radical (unpaired) electrons. The topological polar surface area (TPSA) is 39.1 Å². The molecule has 21 heavy (non-hydrogen) atoms. The standard InChI is InChI=1S/C18H25N3/c1-3-10-20-18(12-19,16-8-9-16)13-21-14(2)11-15-6-4-5-7-17(15)21/h4-7,14,16,20H,3,8-11,13H2,1-2H3. The minimum Gasteiger partial charge on any atom is -0.365 e. The summed E-state index contributed by atoms with van der Waals surface area (Å²) in [5.41, 5.74) is 2.37. The van der Waals surface area contributed by atoms with Crippen molar-refractivity contribution in [1.29, 1.82) is 5.26 Å². The van der Waals surface area contributed by atoms with Crippen molar-refractivity contribution in [1.82, 2.24) is 5.32 Å². The van der Waals surface area contributed by atoms with E-state index in [-0.39, 0.29) is 5.54 Å². The van der Waals surface area contributed by atoms with Crippen LogP contribution >= 0.6 is 0 Å². The van der Waals surface area contributed by atoms with Gasteiger partial charge in [0.1, 0.15) is 5.54 Å². The molecule has 0 bridgehead atoms. The van der Waals surface area contributed by atoms with Gasteiger partial charge in [0.05, 0.1) is 12.6 Å². The third-order valence-electron chi connectivity index (χ3n) is 4.93. The molecule has 1 aromatic rings.